The smallest absolute Gasteiger partial charge is 0.319 e. The van der Waals surface area contributed by atoms with Gasteiger partial charge in [-0.15, -0.1) is 11.8 Å². The molecule has 3 N–H and O–H groups in total. The molecule has 1 aliphatic carbocycles. The number of aromatic nitrogens is 2. The second-order valence-corrected chi connectivity index (χ2v) is 7.59. The Morgan fingerprint density at radius 2 is 2.04 bits per heavy atom. The molecule has 6 heteroatoms. The van der Waals surface area contributed by atoms with Gasteiger partial charge in [0.1, 0.15) is 0 Å². The number of amides is 2. The van der Waals surface area contributed by atoms with Gasteiger partial charge in [-0.2, -0.15) is 5.10 Å². The third-order valence-electron chi connectivity index (χ3n) is 5.09. The van der Waals surface area contributed by atoms with Gasteiger partial charge in [0.25, 0.3) is 0 Å². The van der Waals surface area contributed by atoms with E-state index in [0.717, 1.165) is 35.9 Å². The lowest BCUT2D eigenvalue weighted by Gasteiger charge is -2.15. The highest BCUT2D eigenvalue weighted by Crippen LogP contribution is 2.35. The van der Waals surface area contributed by atoms with Crippen molar-refractivity contribution in [2.75, 3.05) is 11.6 Å². The van der Waals surface area contributed by atoms with Crippen LogP contribution in [0.4, 0.5) is 10.5 Å². The van der Waals surface area contributed by atoms with Crippen molar-refractivity contribution >= 4 is 34.4 Å². The van der Waals surface area contributed by atoms with E-state index >= 15 is 0 Å². The molecule has 0 spiro atoms. The first-order chi connectivity index (χ1) is 12.7. The van der Waals surface area contributed by atoms with Crippen molar-refractivity contribution in [3.05, 3.63) is 54.2 Å². The molecule has 5 nitrogen and oxygen atoms in total. The summed E-state index contributed by atoms with van der Waals surface area (Å²) < 4.78 is 0. The van der Waals surface area contributed by atoms with Crippen LogP contribution in [-0.4, -0.2) is 28.5 Å². The van der Waals surface area contributed by atoms with Crippen LogP contribution in [0, 0.1) is 0 Å². The van der Waals surface area contributed by atoms with Crippen LogP contribution in [0.2, 0.25) is 0 Å². The lowest BCUT2D eigenvalue weighted by molar-refractivity contribution is 0.248. The van der Waals surface area contributed by atoms with Crippen molar-refractivity contribution < 1.29 is 4.79 Å². The fraction of sp³-hybridized carbons (Fsp3) is 0.300. The molecule has 0 saturated heterocycles. The van der Waals surface area contributed by atoms with Gasteiger partial charge in [-0.3, -0.25) is 5.10 Å². The van der Waals surface area contributed by atoms with E-state index in [1.807, 2.05) is 18.2 Å². The van der Waals surface area contributed by atoms with E-state index in [4.69, 9.17) is 0 Å². The molecule has 1 aromatic heterocycles. The van der Waals surface area contributed by atoms with Gasteiger partial charge >= 0.3 is 6.03 Å². The zero-order valence-electron chi connectivity index (χ0n) is 14.7. The van der Waals surface area contributed by atoms with E-state index in [2.05, 4.69) is 51.4 Å². The van der Waals surface area contributed by atoms with E-state index in [1.165, 1.54) is 10.5 Å². The first kappa shape index (κ1) is 17.0. The van der Waals surface area contributed by atoms with E-state index in [9.17, 15) is 4.79 Å². The summed E-state index contributed by atoms with van der Waals surface area (Å²) in [5.74, 6) is 0.522. The van der Waals surface area contributed by atoms with Crippen molar-refractivity contribution in [2.45, 2.75) is 36.1 Å². The topological polar surface area (TPSA) is 69.8 Å². The molecule has 2 atom stereocenters. The van der Waals surface area contributed by atoms with Gasteiger partial charge < -0.3 is 10.6 Å². The van der Waals surface area contributed by atoms with Crippen LogP contribution < -0.4 is 10.6 Å². The largest absolute Gasteiger partial charge is 0.335 e. The molecule has 2 amide bonds. The Morgan fingerprint density at radius 3 is 2.85 bits per heavy atom. The van der Waals surface area contributed by atoms with Gasteiger partial charge in [-0.1, -0.05) is 18.2 Å². The van der Waals surface area contributed by atoms with Crippen molar-refractivity contribution in [1.82, 2.24) is 15.5 Å². The van der Waals surface area contributed by atoms with E-state index < -0.39 is 0 Å². The number of hydrogen-bond acceptors (Lipinski definition) is 3. The first-order valence-electron chi connectivity index (χ1n) is 8.86. The van der Waals surface area contributed by atoms with Crippen molar-refractivity contribution in [1.29, 1.82) is 0 Å². The second-order valence-electron chi connectivity index (χ2n) is 6.72. The third-order valence-corrected chi connectivity index (χ3v) is 5.83. The molecule has 134 valence electrons. The summed E-state index contributed by atoms with van der Waals surface area (Å²) in [6, 6.07) is 14.6. The standard InChI is InChI=1S/C20H22N4OS/c1-26-16-9-6-13(7-10-16)14-5-8-15(11-14)22-20(25)23-18-3-2-4-19-17(18)12-21-24-19/h2-4,6-7,9-10,12,14-15H,5,8,11H2,1H3,(H,21,24)(H2,22,23,25)/t14-,15?/m0/s1. The number of urea groups is 1. The number of carbonyl (C=O) groups excluding carboxylic acids is 1. The number of carbonyl (C=O) groups is 1. The minimum Gasteiger partial charge on any atom is -0.335 e. The fourth-order valence-corrected chi connectivity index (χ4v) is 4.12. The molecule has 0 aliphatic heterocycles. The number of nitrogens with one attached hydrogen (secondary N) is 3. The van der Waals surface area contributed by atoms with Gasteiger partial charge in [-0.05, 0) is 61.3 Å². The summed E-state index contributed by atoms with van der Waals surface area (Å²) in [7, 11) is 0. The van der Waals surface area contributed by atoms with Crippen LogP contribution in [-0.2, 0) is 0 Å². The quantitative estimate of drug-likeness (QED) is 0.584. The van der Waals surface area contributed by atoms with E-state index in [-0.39, 0.29) is 12.1 Å². The molecule has 2 aromatic carbocycles. The molecule has 4 rings (SSSR count). The molecule has 1 heterocycles. The highest BCUT2D eigenvalue weighted by atomic mass is 32.2. The molecule has 3 aromatic rings. The SMILES string of the molecule is CSc1ccc([C@H]2CCC(NC(=O)Nc3cccc4[nH]ncc34)C2)cc1. The van der Waals surface area contributed by atoms with Crippen LogP contribution in [0.1, 0.15) is 30.7 Å². The molecular weight excluding hydrogens is 344 g/mol. The maximum absolute atomic E-state index is 12.4. The number of fused-ring (bicyclic) bond motifs is 1. The Kier molecular flexibility index (Phi) is 4.84. The van der Waals surface area contributed by atoms with Crippen LogP contribution >= 0.6 is 11.8 Å². The Balaban J connectivity index is 1.36. The van der Waals surface area contributed by atoms with Crippen LogP contribution in [0.5, 0.6) is 0 Å². The molecule has 1 fully saturated rings. The second kappa shape index (κ2) is 7.41. The van der Waals surface area contributed by atoms with Crippen molar-refractivity contribution in [3.8, 4) is 0 Å². The van der Waals surface area contributed by atoms with Gasteiger partial charge in [-0.25, -0.2) is 4.79 Å². The summed E-state index contributed by atoms with van der Waals surface area (Å²) >= 11 is 1.76. The monoisotopic (exact) mass is 366 g/mol. The minimum atomic E-state index is -0.151. The Labute approximate surface area is 157 Å². The number of aromatic amines is 1. The van der Waals surface area contributed by atoms with Crippen molar-refractivity contribution in [3.63, 3.8) is 0 Å². The fourth-order valence-electron chi connectivity index (χ4n) is 3.71. The third kappa shape index (κ3) is 3.55. The van der Waals surface area contributed by atoms with Gasteiger partial charge in [0.05, 0.1) is 17.4 Å². The average molecular weight is 366 g/mol. The maximum Gasteiger partial charge on any atom is 0.319 e. The number of anilines is 1. The number of nitrogens with zero attached hydrogens (tertiary/aromatic N) is 1. The highest BCUT2D eigenvalue weighted by Gasteiger charge is 2.27. The Hall–Kier alpha value is -2.47. The number of hydrogen-bond donors (Lipinski definition) is 3. The van der Waals surface area contributed by atoms with Crippen LogP contribution in [0.15, 0.2) is 53.6 Å². The summed E-state index contributed by atoms with van der Waals surface area (Å²) in [6.45, 7) is 0. The first-order valence-corrected chi connectivity index (χ1v) is 10.1. The lowest BCUT2D eigenvalue weighted by atomic mass is 9.98. The molecule has 0 radical (unpaired) electrons. The summed E-state index contributed by atoms with van der Waals surface area (Å²) in [6.07, 6.45) is 6.93. The number of rotatable bonds is 4. The number of benzene rings is 2. The minimum absolute atomic E-state index is 0.151. The van der Waals surface area contributed by atoms with Gasteiger partial charge in [0.2, 0.25) is 0 Å². The van der Waals surface area contributed by atoms with Crippen LogP contribution in [0.25, 0.3) is 10.9 Å². The molecule has 1 unspecified atom stereocenters. The average Bonchev–Trinajstić information content (AvgIpc) is 3.31. The Bertz CT molecular complexity index is 906. The zero-order valence-corrected chi connectivity index (χ0v) is 15.5. The van der Waals surface area contributed by atoms with Crippen molar-refractivity contribution in [2.24, 2.45) is 0 Å². The highest BCUT2D eigenvalue weighted by molar-refractivity contribution is 7.98. The lowest BCUT2D eigenvalue weighted by Crippen LogP contribution is -2.36. The van der Waals surface area contributed by atoms with Gasteiger partial charge in [0.15, 0.2) is 0 Å². The zero-order chi connectivity index (χ0) is 17.9. The maximum atomic E-state index is 12.4. The normalized spacial score (nSPS) is 19.6. The van der Waals surface area contributed by atoms with Crippen LogP contribution in [0.3, 0.4) is 0 Å². The van der Waals surface area contributed by atoms with E-state index in [1.54, 1.807) is 18.0 Å². The van der Waals surface area contributed by atoms with Gasteiger partial charge in [0, 0.05) is 16.3 Å². The summed E-state index contributed by atoms with van der Waals surface area (Å²) in [5, 5.41) is 13.9. The molecule has 26 heavy (non-hydrogen) atoms. The number of H-pyrrole nitrogens is 1. The number of thioether (sulfide) groups is 1. The predicted molar refractivity (Wildman–Crippen MR) is 107 cm³/mol. The van der Waals surface area contributed by atoms with E-state index in [0.29, 0.717) is 5.92 Å². The summed E-state index contributed by atoms with van der Waals surface area (Å²) in [5.41, 5.74) is 3.06. The molecule has 0 bridgehead atoms. The molecular formula is C20H22N4OS. The summed E-state index contributed by atoms with van der Waals surface area (Å²) in [4.78, 5) is 13.7. The predicted octanol–water partition coefficient (Wildman–Crippen LogP) is 4.74. The molecule has 1 aliphatic rings. The Morgan fingerprint density at radius 1 is 1.19 bits per heavy atom. The molecule has 1 saturated carbocycles.